The topological polar surface area (TPSA) is 130 Å². The quantitative estimate of drug-likeness (QED) is 0.607. The molecular weight excluding hydrogens is 271 g/mol. The number of carbonyl (C=O) groups excluding carboxylic acids is 1. The fraction of sp³-hybridized carbons (Fsp3) is 0.250. The van der Waals surface area contributed by atoms with Crippen molar-refractivity contribution in [1.29, 1.82) is 0 Å². The number of aliphatic carboxylic acids is 1. The number of rotatable bonds is 6. The molecule has 20 heavy (non-hydrogen) atoms. The third kappa shape index (κ3) is 4.32. The van der Waals surface area contributed by atoms with Crippen LogP contribution in [0.15, 0.2) is 18.2 Å². The normalized spacial score (nSPS) is 11.7. The van der Waals surface area contributed by atoms with Crippen molar-refractivity contribution in [3.63, 3.8) is 0 Å². The van der Waals surface area contributed by atoms with E-state index >= 15 is 0 Å². The van der Waals surface area contributed by atoms with Gasteiger partial charge in [0.05, 0.1) is 17.3 Å². The lowest BCUT2D eigenvalue weighted by atomic mass is 10.1. The monoisotopic (exact) mass is 284 g/mol. The van der Waals surface area contributed by atoms with Gasteiger partial charge in [-0.25, -0.2) is 9.18 Å². The number of carboxylic acids is 2. The SMILES string of the molecule is NC(CCC(=O)O)C(=O)Nc1ccc(C(=O)O)cc1F. The maximum absolute atomic E-state index is 13.5. The van der Waals surface area contributed by atoms with Gasteiger partial charge in [-0.15, -0.1) is 0 Å². The van der Waals surface area contributed by atoms with Crippen molar-refractivity contribution >= 4 is 23.5 Å². The fourth-order valence-electron chi connectivity index (χ4n) is 1.39. The van der Waals surface area contributed by atoms with Crippen molar-refractivity contribution in [3.8, 4) is 0 Å². The summed E-state index contributed by atoms with van der Waals surface area (Å²) in [6.45, 7) is 0. The van der Waals surface area contributed by atoms with E-state index in [1.807, 2.05) is 0 Å². The Bertz CT molecular complexity index is 547. The highest BCUT2D eigenvalue weighted by Crippen LogP contribution is 2.16. The summed E-state index contributed by atoms with van der Waals surface area (Å²) in [4.78, 5) is 32.5. The van der Waals surface area contributed by atoms with Gasteiger partial charge in [0.1, 0.15) is 5.82 Å². The van der Waals surface area contributed by atoms with Crippen molar-refractivity contribution in [2.75, 3.05) is 5.32 Å². The van der Waals surface area contributed by atoms with E-state index in [0.717, 1.165) is 18.2 Å². The lowest BCUT2D eigenvalue weighted by Gasteiger charge is -2.12. The van der Waals surface area contributed by atoms with E-state index in [1.165, 1.54) is 0 Å². The van der Waals surface area contributed by atoms with Gasteiger partial charge in [-0.1, -0.05) is 0 Å². The molecule has 1 unspecified atom stereocenters. The first kappa shape index (κ1) is 15.6. The van der Waals surface area contributed by atoms with E-state index in [9.17, 15) is 18.8 Å². The number of nitrogens with two attached hydrogens (primary N) is 1. The van der Waals surface area contributed by atoms with Crippen LogP contribution in [0.1, 0.15) is 23.2 Å². The highest BCUT2D eigenvalue weighted by atomic mass is 19.1. The van der Waals surface area contributed by atoms with E-state index in [4.69, 9.17) is 15.9 Å². The Hall–Kier alpha value is -2.48. The molecule has 1 amide bonds. The average Bonchev–Trinajstić information content (AvgIpc) is 2.37. The van der Waals surface area contributed by atoms with Crippen LogP contribution in [0.5, 0.6) is 0 Å². The maximum atomic E-state index is 13.5. The van der Waals surface area contributed by atoms with Crippen LogP contribution in [0, 0.1) is 5.82 Å². The number of carboxylic acid groups (broad SMARTS) is 2. The molecule has 7 nitrogen and oxygen atoms in total. The predicted molar refractivity (Wildman–Crippen MR) is 66.8 cm³/mol. The van der Waals surface area contributed by atoms with Crippen molar-refractivity contribution in [1.82, 2.24) is 0 Å². The van der Waals surface area contributed by atoms with Gasteiger partial charge >= 0.3 is 11.9 Å². The summed E-state index contributed by atoms with van der Waals surface area (Å²) < 4.78 is 13.5. The molecule has 5 N–H and O–H groups in total. The number of hydrogen-bond donors (Lipinski definition) is 4. The number of nitrogens with one attached hydrogen (secondary N) is 1. The Morgan fingerprint density at radius 1 is 1.30 bits per heavy atom. The van der Waals surface area contributed by atoms with Gasteiger partial charge in [-0.2, -0.15) is 0 Å². The fourth-order valence-corrected chi connectivity index (χ4v) is 1.39. The Labute approximate surface area is 113 Å². The summed E-state index contributed by atoms with van der Waals surface area (Å²) in [5.74, 6) is -4.04. The lowest BCUT2D eigenvalue weighted by molar-refractivity contribution is -0.137. The number of anilines is 1. The lowest BCUT2D eigenvalue weighted by Crippen LogP contribution is -2.36. The van der Waals surface area contributed by atoms with Crippen molar-refractivity contribution in [2.24, 2.45) is 5.73 Å². The van der Waals surface area contributed by atoms with E-state index in [1.54, 1.807) is 0 Å². The van der Waals surface area contributed by atoms with Crippen LogP contribution in [0.2, 0.25) is 0 Å². The zero-order valence-corrected chi connectivity index (χ0v) is 10.3. The number of benzene rings is 1. The van der Waals surface area contributed by atoms with Gasteiger partial charge in [0, 0.05) is 6.42 Å². The van der Waals surface area contributed by atoms with Crippen LogP contribution in [0.25, 0.3) is 0 Å². The molecule has 0 spiro atoms. The summed E-state index contributed by atoms with van der Waals surface area (Å²) in [5, 5.41) is 19.3. The van der Waals surface area contributed by atoms with E-state index < -0.39 is 29.7 Å². The first-order valence-electron chi connectivity index (χ1n) is 5.62. The van der Waals surface area contributed by atoms with Gasteiger partial charge in [0.2, 0.25) is 5.91 Å². The van der Waals surface area contributed by atoms with Gasteiger partial charge in [0.25, 0.3) is 0 Å². The molecule has 1 aromatic carbocycles. The summed E-state index contributed by atoms with van der Waals surface area (Å²) in [6, 6.07) is 1.90. The minimum Gasteiger partial charge on any atom is -0.481 e. The predicted octanol–water partition coefficient (Wildman–Crippen LogP) is 0.655. The highest BCUT2D eigenvalue weighted by Gasteiger charge is 2.17. The molecular formula is C12H13FN2O5. The molecule has 0 saturated heterocycles. The van der Waals surface area contributed by atoms with Crippen molar-refractivity contribution in [3.05, 3.63) is 29.6 Å². The average molecular weight is 284 g/mol. The van der Waals surface area contributed by atoms with Crippen LogP contribution in [-0.2, 0) is 9.59 Å². The highest BCUT2D eigenvalue weighted by molar-refractivity contribution is 5.95. The first-order valence-corrected chi connectivity index (χ1v) is 5.62. The van der Waals surface area contributed by atoms with Crippen molar-refractivity contribution in [2.45, 2.75) is 18.9 Å². The maximum Gasteiger partial charge on any atom is 0.335 e. The number of carbonyl (C=O) groups is 3. The second-order valence-electron chi connectivity index (χ2n) is 4.03. The summed E-state index contributed by atoms with van der Waals surface area (Å²) in [5.41, 5.74) is 4.98. The molecule has 8 heteroatoms. The van der Waals surface area contributed by atoms with Crippen LogP contribution < -0.4 is 11.1 Å². The molecule has 0 aromatic heterocycles. The van der Waals surface area contributed by atoms with Crippen LogP contribution in [-0.4, -0.2) is 34.1 Å². The van der Waals surface area contributed by atoms with E-state index in [2.05, 4.69) is 5.32 Å². The van der Waals surface area contributed by atoms with E-state index in [-0.39, 0.29) is 24.1 Å². The van der Waals surface area contributed by atoms with Crippen LogP contribution in [0.4, 0.5) is 10.1 Å². The number of amides is 1. The Balaban J connectivity index is 2.70. The third-order valence-electron chi connectivity index (χ3n) is 2.48. The Morgan fingerprint density at radius 2 is 1.95 bits per heavy atom. The van der Waals surface area contributed by atoms with E-state index in [0.29, 0.717) is 0 Å². The number of hydrogen-bond acceptors (Lipinski definition) is 4. The minimum absolute atomic E-state index is 0.0873. The van der Waals surface area contributed by atoms with Gasteiger partial charge in [-0.3, -0.25) is 9.59 Å². The summed E-state index contributed by atoms with van der Waals surface area (Å²) in [7, 11) is 0. The summed E-state index contributed by atoms with van der Waals surface area (Å²) >= 11 is 0. The largest absolute Gasteiger partial charge is 0.481 e. The molecule has 0 aliphatic carbocycles. The second kappa shape index (κ2) is 6.62. The Kier molecular flexibility index (Phi) is 5.15. The molecule has 0 radical (unpaired) electrons. The zero-order chi connectivity index (χ0) is 15.3. The molecule has 1 rings (SSSR count). The molecule has 0 bridgehead atoms. The smallest absolute Gasteiger partial charge is 0.335 e. The molecule has 0 fully saturated rings. The molecule has 0 saturated carbocycles. The standard InChI is InChI=1S/C12H13FN2O5/c13-7-5-6(12(19)20)1-3-9(7)15-11(18)8(14)2-4-10(16)17/h1,3,5,8H,2,4,14H2,(H,15,18)(H,16,17)(H,19,20). The zero-order valence-electron chi connectivity index (χ0n) is 10.3. The third-order valence-corrected chi connectivity index (χ3v) is 2.48. The van der Waals surface area contributed by atoms with Gasteiger partial charge < -0.3 is 21.3 Å². The van der Waals surface area contributed by atoms with Crippen LogP contribution in [0.3, 0.4) is 0 Å². The molecule has 1 aromatic rings. The Morgan fingerprint density at radius 3 is 2.45 bits per heavy atom. The number of aromatic carboxylic acids is 1. The second-order valence-corrected chi connectivity index (χ2v) is 4.03. The number of halogens is 1. The molecule has 0 aliphatic rings. The molecule has 0 heterocycles. The molecule has 108 valence electrons. The van der Waals surface area contributed by atoms with Crippen LogP contribution >= 0.6 is 0 Å². The minimum atomic E-state index is -1.29. The van der Waals surface area contributed by atoms with Crippen molar-refractivity contribution < 1.29 is 29.0 Å². The van der Waals surface area contributed by atoms with Gasteiger partial charge in [-0.05, 0) is 24.6 Å². The first-order chi connectivity index (χ1) is 9.31. The van der Waals surface area contributed by atoms with Gasteiger partial charge in [0.15, 0.2) is 0 Å². The molecule has 1 atom stereocenters. The molecule has 0 aliphatic heterocycles. The summed E-state index contributed by atoms with van der Waals surface area (Å²) in [6.07, 6.45) is -0.370.